The van der Waals surface area contributed by atoms with Gasteiger partial charge in [0, 0.05) is 11.1 Å². The summed E-state index contributed by atoms with van der Waals surface area (Å²) in [7, 11) is -6.99. The number of rotatable bonds is 6. The summed E-state index contributed by atoms with van der Waals surface area (Å²) in [6.45, 7) is 12.8. The van der Waals surface area contributed by atoms with Crippen molar-refractivity contribution in [3.05, 3.63) is 120 Å². The van der Waals surface area contributed by atoms with Gasteiger partial charge in [-0.3, -0.25) is 0 Å². The molecule has 4 aromatic rings. The molecular formula is C34H36O2Si3. The largest absolute Gasteiger partial charge is 0.427 e. The van der Waals surface area contributed by atoms with Gasteiger partial charge in [0.05, 0.1) is 0 Å². The van der Waals surface area contributed by atoms with Crippen LogP contribution in [0.5, 0.6) is 0 Å². The van der Waals surface area contributed by atoms with E-state index in [4.69, 9.17) is 8.23 Å². The molecule has 0 spiro atoms. The minimum Gasteiger partial charge on any atom is -0.427 e. The lowest BCUT2D eigenvalue weighted by Gasteiger charge is -2.34. The molecule has 0 N–H and O–H groups in total. The molecule has 0 aliphatic rings. The zero-order chi connectivity index (χ0) is 27.9. The van der Waals surface area contributed by atoms with Gasteiger partial charge in [0.25, 0.3) is 16.6 Å². The second-order valence-corrected chi connectivity index (χ2v) is 22.0. The van der Waals surface area contributed by atoms with Crippen molar-refractivity contribution in [1.29, 1.82) is 0 Å². The highest BCUT2D eigenvalue weighted by atomic mass is 28.5. The van der Waals surface area contributed by atoms with Crippen molar-refractivity contribution in [3.63, 3.8) is 0 Å². The van der Waals surface area contributed by atoms with E-state index in [0.29, 0.717) is 0 Å². The van der Waals surface area contributed by atoms with Crippen LogP contribution in [0.2, 0.25) is 39.3 Å². The van der Waals surface area contributed by atoms with Crippen LogP contribution in [0.25, 0.3) is 22.3 Å². The molecule has 0 aromatic heterocycles. The first-order valence-corrected chi connectivity index (χ1v) is 21.9. The van der Waals surface area contributed by atoms with Crippen molar-refractivity contribution in [2.75, 3.05) is 0 Å². The topological polar surface area (TPSA) is 18.5 Å². The molecular weight excluding hydrogens is 525 g/mol. The van der Waals surface area contributed by atoms with Crippen molar-refractivity contribution in [1.82, 2.24) is 0 Å². The molecule has 39 heavy (non-hydrogen) atoms. The minimum absolute atomic E-state index is 0.998. The van der Waals surface area contributed by atoms with Gasteiger partial charge in [-0.2, -0.15) is 0 Å². The van der Waals surface area contributed by atoms with Gasteiger partial charge < -0.3 is 8.23 Å². The van der Waals surface area contributed by atoms with Crippen LogP contribution in [-0.4, -0.2) is 25.2 Å². The molecule has 0 atom stereocenters. The number of hydrogen-bond acceptors (Lipinski definition) is 2. The summed E-state index contributed by atoms with van der Waals surface area (Å²) >= 11 is 0. The van der Waals surface area contributed by atoms with Crippen molar-refractivity contribution >= 4 is 25.2 Å². The Kier molecular flexibility index (Phi) is 8.92. The highest BCUT2D eigenvalue weighted by Gasteiger charge is 2.38. The van der Waals surface area contributed by atoms with Crippen LogP contribution in [0.1, 0.15) is 11.1 Å². The Labute approximate surface area is 237 Å². The number of benzene rings is 4. The SMILES string of the molecule is C[Si](C)(C#Cc1ccc(-c2ccccc2)cc1)O[Si](C)(C)O[Si](C)(C)C#Cc1ccc(-c2ccccc2)cc1. The Bertz CT molecular complexity index is 1390. The predicted molar refractivity (Wildman–Crippen MR) is 172 cm³/mol. The van der Waals surface area contributed by atoms with Crippen LogP contribution < -0.4 is 0 Å². The first-order chi connectivity index (χ1) is 18.5. The monoisotopic (exact) mass is 560 g/mol. The van der Waals surface area contributed by atoms with Crippen LogP contribution in [0.3, 0.4) is 0 Å². The van der Waals surface area contributed by atoms with Crippen molar-refractivity contribution < 1.29 is 8.23 Å². The Morgan fingerprint density at radius 1 is 0.410 bits per heavy atom. The molecule has 0 bridgehead atoms. The molecule has 0 saturated heterocycles. The van der Waals surface area contributed by atoms with Crippen LogP contribution in [0.4, 0.5) is 0 Å². The Balaban J connectivity index is 1.38. The summed E-state index contributed by atoms with van der Waals surface area (Å²) in [4.78, 5) is 0. The lowest BCUT2D eigenvalue weighted by Crippen LogP contribution is -2.51. The molecule has 0 radical (unpaired) electrons. The molecule has 0 aliphatic carbocycles. The molecule has 196 valence electrons. The second-order valence-electron chi connectivity index (χ2n) is 11.0. The number of hydrogen-bond donors (Lipinski definition) is 0. The summed E-state index contributed by atoms with van der Waals surface area (Å²) in [5, 5.41) is 0. The van der Waals surface area contributed by atoms with Crippen LogP contribution >= 0.6 is 0 Å². The highest BCUT2D eigenvalue weighted by molar-refractivity contribution is 6.92. The zero-order valence-electron chi connectivity index (χ0n) is 23.7. The maximum absolute atomic E-state index is 6.64. The van der Waals surface area contributed by atoms with E-state index in [1.165, 1.54) is 22.3 Å². The van der Waals surface area contributed by atoms with Gasteiger partial charge in [0.1, 0.15) is 0 Å². The van der Waals surface area contributed by atoms with Crippen molar-refractivity contribution in [2.45, 2.75) is 39.3 Å². The Morgan fingerprint density at radius 3 is 1.05 bits per heavy atom. The summed E-state index contributed by atoms with van der Waals surface area (Å²) in [5.41, 5.74) is 13.7. The Hall–Kier alpha value is -3.43. The van der Waals surface area contributed by atoms with E-state index in [0.717, 1.165) is 11.1 Å². The summed E-state index contributed by atoms with van der Waals surface area (Å²) in [6, 6.07) is 37.6. The van der Waals surface area contributed by atoms with Gasteiger partial charge in [-0.05, 0) is 85.8 Å². The smallest absolute Gasteiger partial charge is 0.312 e. The van der Waals surface area contributed by atoms with E-state index in [-0.39, 0.29) is 0 Å². The van der Waals surface area contributed by atoms with E-state index < -0.39 is 25.2 Å². The third-order valence-electron chi connectivity index (χ3n) is 6.00. The minimum atomic E-state index is -2.44. The van der Waals surface area contributed by atoms with Gasteiger partial charge in [0.15, 0.2) is 0 Å². The fourth-order valence-electron chi connectivity index (χ4n) is 4.50. The van der Waals surface area contributed by atoms with Gasteiger partial charge >= 0.3 is 8.56 Å². The average molecular weight is 561 g/mol. The quantitative estimate of drug-likeness (QED) is 0.174. The van der Waals surface area contributed by atoms with Gasteiger partial charge in [-0.15, -0.1) is 0 Å². The lowest BCUT2D eigenvalue weighted by atomic mass is 10.0. The van der Waals surface area contributed by atoms with Gasteiger partial charge in [-0.1, -0.05) is 108 Å². The first-order valence-electron chi connectivity index (χ1n) is 13.3. The molecule has 4 rings (SSSR count). The molecule has 0 fully saturated rings. The second kappa shape index (κ2) is 12.2. The van der Waals surface area contributed by atoms with Crippen LogP contribution in [0.15, 0.2) is 109 Å². The molecule has 0 heterocycles. The van der Waals surface area contributed by atoms with E-state index in [2.05, 4.69) is 159 Å². The third-order valence-corrected chi connectivity index (χ3v) is 15.5. The first kappa shape index (κ1) is 28.6. The molecule has 5 heteroatoms. The molecule has 2 nitrogen and oxygen atoms in total. The highest BCUT2D eigenvalue weighted by Crippen LogP contribution is 2.22. The van der Waals surface area contributed by atoms with Gasteiger partial charge in [0.2, 0.25) is 0 Å². The molecule has 0 aliphatic heterocycles. The summed E-state index contributed by atoms with van der Waals surface area (Å²) in [6.07, 6.45) is 0. The fourth-order valence-corrected chi connectivity index (χ4v) is 16.2. The normalized spacial score (nSPS) is 11.6. The average Bonchev–Trinajstić information content (AvgIpc) is 2.91. The van der Waals surface area contributed by atoms with Gasteiger partial charge in [-0.25, -0.2) is 0 Å². The fraction of sp³-hybridized carbons (Fsp3) is 0.176. The predicted octanol–water partition coefficient (Wildman–Crippen LogP) is 8.65. The third kappa shape index (κ3) is 8.80. The molecule has 0 amide bonds. The molecule has 0 unspecified atom stereocenters. The standard InChI is InChI=1S/C34H36O2Si3/c1-37(2,27-25-29-17-21-33(22-18-29)31-13-9-7-10-14-31)35-39(5,6)36-38(3,4)28-26-30-19-23-34(24-20-30)32-15-11-8-12-16-32/h7-24H,1-6H3. The van der Waals surface area contributed by atoms with Crippen molar-refractivity contribution in [3.8, 4) is 45.2 Å². The van der Waals surface area contributed by atoms with Crippen LogP contribution in [0, 0.1) is 22.9 Å². The molecule has 0 saturated carbocycles. The maximum atomic E-state index is 6.64. The van der Waals surface area contributed by atoms with Crippen molar-refractivity contribution in [2.24, 2.45) is 0 Å². The molecule has 4 aromatic carbocycles. The van der Waals surface area contributed by atoms with E-state index in [9.17, 15) is 0 Å². The van der Waals surface area contributed by atoms with E-state index in [1.807, 2.05) is 12.1 Å². The maximum Gasteiger partial charge on any atom is 0.312 e. The lowest BCUT2D eigenvalue weighted by molar-refractivity contribution is 0.402. The zero-order valence-corrected chi connectivity index (χ0v) is 26.7. The Morgan fingerprint density at radius 2 is 0.718 bits per heavy atom. The van der Waals surface area contributed by atoms with E-state index in [1.54, 1.807) is 0 Å². The van der Waals surface area contributed by atoms with Crippen LogP contribution in [-0.2, 0) is 8.23 Å². The van der Waals surface area contributed by atoms with E-state index >= 15 is 0 Å². The summed E-state index contributed by atoms with van der Waals surface area (Å²) < 4.78 is 13.3. The summed E-state index contributed by atoms with van der Waals surface area (Å²) in [5.74, 6) is 6.70.